The van der Waals surface area contributed by atoms with Crippen molar-refractivity contribution in [3.05, 3.63) is 42.5 Å². The first-order valence-electron chi connectivity index (χ1n) is 10.3. The van der Waals surface area contributed by atoms with Crippen LogP contribution in [-0.2, 0) is 0 Å². The molecule has 0 unspecified atom stereocenters. The molecule has 2 N–H and O–H groups in total. The van der Waals surface area contributed by atoms with Gasteiger partial charge in [-0.2, -0.15) is 0 Å². The van der Waals surface area contributed by atoms with Crippen molar-refractivity contribution < 1.29 is 19.3 Å². The van der Waals surface area contributed by atoms with Crippen LogP contribution in [0.15, 0.2) is 47.5 Å². The van der Waals surface area contributed by atoms with Crippen LogP contribution in [0.25, 0.3) is 0 Å². The molecule has 0 saturated carbocycles. The van der Waals surface area contributed by atoms with Gasteiger partial charge in [-0.1, -0.05) is 12.1 Å². The van der Waals surface area contributed by atoms with E-state index in [0.29, 0.717) is 24.7 Å². The third kappa shape index (κ3) is 5.78. The maximum Gasteiger partial charge on any atom is 0.231 e. The van der Waals surface area contributed by atoms with Crippen LogP contribution in [0.2, 0.25) is 0 Å². The highest BCUT2D eigenvalue weighted by molar-refractivity contribution is 14.0. The third-order valence-electron chi connectivity index (χ3n) is 5.10. The zero-order valence-corrected chi connectivity index (χ0v) is 20.0. The van der Waals surface area contributed by atoms with Crippen molar-refractivity contribution in [2.24, 2.45) is 4.99 Å². The van der Waals surface area contributed by atoms with Gasteiger partial charge < -0.3 is 34.4 Å². The second-order valence-electron chi connectivity index (χ2n) is 7.06. The minimum absolute atomic E-state index is 0. The fourth-order valence-electron chi connectivity index (χ4n) is 3.60. The molecular formula is C22H29IN4O4. The van der Waals surface area contributed by atoms with E-state index >= 15 is 0 Å². The van der Waals surface area contributed by atoms with Crippen LogP contribution in [-0.4, -0.2) is 68.6 Å². The molecule has 2 aliphatic heterocycles. The molecule has 0 spiro atoms. The normalized spacial score (nSPS) is 15.5. The van der Waals surface area contributed by atoms with Crippen LogP contribution in [0.1, 0.15) is 6.92 Å². The summed E-state index contributed by atoms with van der Waals surface area (Å²) in [5.41, 5.74) is 0.885. The molecule has 1 saturated heterocycles. The summed E-state index contributed by atoms with van der Waals surface area (Å²) in [6.07, 6.45) is 0. The number of aliphatic imine (C=N–C) groups is 1. The number of rotatable bonds is 6. The molecule has 0 aliphatic carbocycles. The SMILES string of the molecule is CCNC(=NCCOc1ccc2c(c1)OCO2)N1CCN(c2ccccc2O)CC1.I. The summed E-state index contributed by atoms with van der Waals surface area (Å²) in [6.45, 7) is 7.49. The van der Waals surface area contributed by atoms with Gasteiger partial charge in [-0.15, -0.1) is 24.0 Å². The van der Waals surface area contributed by atoms with E-state index in [9.17, 15) is 5.11 Å². The second-order valence-corrected chi connectivity index (χ2v) is 7.06. The Morgan fingerprint density at radius 3 is 2.65 bits per heavy atom. The molecule has 0 aromatic heterocycles. The van der Waals surface area contributed by atoms with Gasteiger partial charge in [0.25, 0.3) is 0 Å². The Bertz CT molecular complexity index is 888. The Labute approximate surface area is 199 Å². The number of fused-ring (bicyclic) bond motifs is 1. The molecule has 31 heavy (non-hydrogen) atoms. The Morgan fingerprint density at radius 2 is 1.87 bits per heavy atom. The molecule has 8 nitrogen and oxygen atoms in total. The first kappa shape index (κ1) is 23.1. The van der Waals surface area contributed by atoms with Gasteiger partial charge in [-0.05, 0) is 31.2 Å². The highest BCUT2D eigenvalue weighted by atomic mass is 127. The second kappa shape index (κ2) is 11.2. The Balaban J connectivity index is 0.00000272. The summed E-state index contributed by atoms with van der Waals surface area (Å²) in [7, 11) is 0. The molecule has 2 heterocycles. The molecule has 0 atom stereocenters. The number of nitrogens with zero attached hydrogens (tertiary/aromatic N) is 3. The Morgan fingerprint density at radius 1 is 1.10 bits per heavy atom. The van der Waals surface area contributed by atoms with Crippen LogP contribution >= 0.6 is 24.0 Å². The fraction of sp³-hybridized carbons (Fsp3) is 0.409. The number of nitrogens with one attached hydrogen (secondary N) is 1. The number of aromatic hydroxyl groups is 1. The van der Waals surface area contributed by atoms with Crippen molar-refractivity contribution in [3.63, 3.8) is 0 Å². The summed E-state index contributed by atoms with van der Waals surface area (Å²) >= 11 is 0. The first-order chi connectivity index (χ1) is 14.7. The van der Waals surface area contributed by atoms with Crippen molar-refractivity contribution in [3.8, 4) is 23.0 Å². The Hall–Kier alpha value is -2.56. The summed E-state index contributed by atoms with van der Waals surface area (Å²) in [4.78, 5) is 9.18. The van der Waals surface area contributed by atoms with E-state index in [1.54, 1.807) is 6.07 Å². The molecule has 2 aromatic carbocycles. The molecule has 0 radical (unpaired) electrons. The number of guanidine groups is 1. The number of phenols is 1. The highest BCUT2D eigenvalue weighted by Crippen LogP contribution is 2.35. The van der Waals surface area contributed by atoms with Crippen molar-refractivity contribution in [1.82, 2.24) is 10.2 Å². The zero-order valence-electron chi connectivity index (χ0n) is 17.6. The quantitative estimate of drug-likeness (QED) is 0.253. The van der Waals surface area contributed by atoms with Gasteiger partial charge in [-0.25, -0.2) is 4.99 Å². The molecule has 1 fully saturated rings. The summed E-state index contributed by atoms with van der Waals surface area (Å²) < 4.78 is 16.5. The van der Waals surface area contributed by atoms with Crippen LogP contribution in [0, 0.1) is 0 Å². The number of para-hydroxylation sites is 2. The van der Waals surface area contributed by atoms with Crippen LogP contribution in [0.4, 0.5) is 5.69 Å². The number of benzene rings is 2. The maximum absolute atomic E-state index is 10.1. The van der Waals surface area contributed by atoms with E-state index < -0.39 is 0 Å². The van der Waals surface area contributed by atoms with Gasteiger partial charge in [0.1, 0.15) is 18.1 Å². The minimum Gasteiger partial charge on any atom is -0.506 e. The lowest BCUT2D eigenvalue weighted by Crippen LogP contribution is -2.52. The lowest BCUT2D eigenvalue weighted by atomic mass is 10.2. The molecule has 0 bridgehead atoms. The lowest BCUT2D eigenvalue weighted by molar-refractivity contribution is 0.173. The van der Waals surface area contributed by atoms with E-state index in [1.165, 1.54) is 0 Å². The van der Waals surface area contributed by atoms with Crippen LogP contribution in [0.5, 0.6) is 23.0 Å². The summed E-state index contributed by atoms with van der Waals surface area (Å²) in [5, 5.41) is 13.5. The van der Waals surface area contributed by atoms with E-state index in [0.717, 1.165) is 55.9 Å². The number of piperazine rings is 1. The van der Waals surface area contributed by atoms with E-state index in [1.807, 2.05) is 36.4 Å². The average molecular weight is 540 g/mol. The largest absolute Gasteiger partial charge is 0.506 e. The topological polar surface area (TPSA) is 78.8 Å². The monoisotopic (exact) mass is 540 g/mol. The van der Waals surface area contributed by atoms with E-state index in [-0.39, 0.29) is 30.8 Å². The van der Waals surface area contributed by atoms with E-state index in [4.69, 9.17) is 19.2 Å². The number of ether oxygens (including phenoxy) is 3. The van der Waals surface area contributed by atoms with Crippen molar-refractivity contribution in [2.75, 3.05) is 57.6 Å². The van der Waals surface area contributed by atoms with Gasteiger partial charge in [0.2, 0.25) is 6.79 Å². The smallest absolute Gasteiger partial charge is 0.231 e. The maximum atomic E-state index is 10.1. The predicted octanol–water partition coefficient (Wildman–Crippen LogP) is 2.91. The van der Waals surface area contributed by atoms with Gasteiger partial charge >= 0.3 is 0 Å². The number of hydrogen-bond donors (Lipinski definition) is 2. The van der Waals surface area contributed by atoms with Crippen molar-refractivity contribution >= 4 is 35.6 Å². The number of anilines is 1. The summed E-state index contributed by atoms with van der Waals surface area (Å²) in [5.74, 6) is 3.43. The molecule has 4 rings (SSSR count). The third-order valence-corrected chi connectivity index (χ3v) is 5.10. The first-order valence-corrected chi connectivity index (χ1v) is 10.3. The van der Waals surface area contributed by atoms with Crippen LogP contribution < -0.4 is 24.4 Å². The molecule has 2 aromatic rings. The molecule has 168 valence electrons. The molecule has 9 heteroatoms. The Kier molecular flexibility index (Phi) is 8.33. The number of phenolic OH excluding ortho intramolecular Hbond substituents is 1. The van der Waals surface area contributed by atoms with Crippen molar-refractivity contribution in [2.45, 2.75) is 6.92 Å². The van der Waals surface area contributed by atoms with Crippen LogP contribution in [0.3, 0.4) is 0 Å². The van der Waals surface area contributed by atoms with Gasteiger partial charge in [0, 0.05) is 38.8 Å². The highest BCUT2D eigenvalue weighted by Gasteiger charge is 2.21. The number of hydrogen-bond acceptors (Lipinski definition) is 6. The van der Waals surface area contributed by atoms with Gasteiger partial charge in [-0.3, -0.25) is 0 Å². The van der Waals surface area contributed by atoms with Crippen molar-refractivity contribution in [1.29, 1.82) is 0 Å². The average Bonchev–Trinajstić information content (AvgIpc) is 3.24. The standard InChI is InChI=1S/C22H28N4O4.HI/c1-2-23-22(24-9-14-28-17-7-8-20-21(15-17)30-16-29-20)26-12-10-25(11-13-26)18-5-3-4-6-19(18)27;/h3-8,15,27H,2,9-14,16H2,1H3,(H,23,24);1H. The summed E-state index contributed by atoms with van der Waals surface area (Å²) in [6, 6.07) is 13.1. The lowest BCUT2D eigenvalue weighted by Gasteiger charge is -2.37. The van der Waals surface area contributed by atoms with E-state index in [2.05, 4.69) is 22.0 Å². The minimum atomic E-state index is 0. The zero-order chi connectivity index (χ0) is 20.8. The van der Waals surface area contributed by atoms with Gasteiger partial charge in [0.15, 0.2) is 17.5 Å². The molecule has 0 amide bonds. The predicted molar refractivity (Wildman–Crippen MR) is 131 cm³/mol. The molecular weight excluding hydrogens is 511 g/mol. The fourth-order valence-corrected chi connectivity index (χ4v) is 3.60. The van der Waals surface area contributed by atoms with Gasteiger partial charge in [0.05, 0.1) is 12.2 Å². The number of halogens is 1. The molecule has 2 aliphatic rings.